The van der Waals surface area contributed by atoms with Crippen molar-refractivity contribution in [3.05, 3.63) is 226 Å². The Kier molecular flexibility index (Phi) is 16.2. The van der Waals surface area contributed by atoms with Gasteiger partial charge in [0, 0.05) is 73.9 Å². The number of rotatable bonds is 12. The number of pyridine rings is 2. The number of halogens is 2. The molecular formula is C58H42Cl2CoN8O6. The second kappa shape index (κ2) is 23.3. The van der Waals surface area contributed by atoms with Crippen molar-refractivity contribution in [2.75, 3.05) is 0 Å². The summed E-state index contributed by atoms with van der Waals surface area (Å²) in [6.07, 6.45) is 6.20. The molecule has 0 spiro atoms. The molecule has 0 saturated heterocycles. The van der Waals surface area contributed by atoms with E-state index in [0.717, 1.165) is 33.4 Å². The Morgan fingerprint density at radius 1 is 0.493 bits per heavy atom. The van der Waals surface area contributed by atoms with Crippen molar-refractivity contribution in [1.29, 1.82) is 0 Å². The van der Waals surface area contributed by atoms with Crippen LogP contribution in [0, 0.1) is 13.8 Å². The van der Waals surface area contributed by atoms with Crippen molar-refractivity contribution >= 4 is 58.9 Å². The normalized spacial score (nSPS) is 11.0. The van der Waals surface area contributed by atoms with Crippen molar-refractivity contribution in [3.63, 3.8) is 0 Å². The number of hydrogen-bond acceptors (Lipinski definition) is 10. The monoisotopic (exact) mass is 1080 g/mol. The van der Waals surface area contributed by atoms with Gasteiger partial charge < -0.3 is 20.4 Å². The summed E-state index contributed by atoms with van der Waals surface area (Å²) >= 11 is 12.4. The smallest absolute Gasteiger partial charge is 0.337 e. The Morgan fingerprint density at radius 3 is 1.27 bits per heavy atom. The Hall–Kier alpha value is -8.99. The predicted octanol–water partition coefficient (Wildman–Crippen LogP) is 13.4. The summed E-state index contributed by atoms with van der Waals surface area (Å²) in [7, 11) is 0. The van der Waals surface area contributed by atoms with Crippen molar-refractivity contribution in [2.24, 2.45) is 9.98 Å². The summed E-state index contributed by atoms with van der Waals surface area (Å²) in [6.45, 7) is 3.93. The maximum atomic E-state index is 11.9. The maximum Gasteiger partial charge on any atom is 0.337 e. The van der Waals surface area contributed by atoms with Crippen LogP contribution in [0.1, 0.15) is 43.0 Å². The van der Waals surface area contributed by atoms with Gasteiger partial charge in [0.1, 0.15) is 11.4 Å². The van der Waals surface area contributed by atoms with Crippen LogP contribution in [-0.4, -0.2) is 74.3 Å². The SMILES string of the molecule is Cc1cccc(-c2nn(-c3cccc(Cl)c3)c(O)c2C=Nc2cc(-c3ccccn3)ccc2C(=O)O)c1.Cc1cccc(-c2nn(-c3cccc(Cl)c3)c(O)c2C=Nc2cc(-c3ccccn3)ccc2C(=O)O)c1.[Co]. The van der Waals surface area contributed by atoms with Gasteiger partial charge in [-0.3, -0.25) is 20.0 Å². The van der Waals surface area contributed by atoms with Gasteiger partial charge in [-0.1, -0.05) is 107 Å². The fraction of sp³-hybridized carbons (Fsp3) is 0.0345. The van der Waals surface area contributed by atoms with Crippen LogP contribution < -0.4 is 0 Å². The standard InChI is InChI=1S/2C29H21ClN4O3.Co/c2*1-18-6-4-7-20(14-18)27-24(28(35)34(33-27)22-9-5-8-21(30)16-22)17-32-26-15-19(11-12-23(26)29(36)37)25-10-2-3-13-31-25;/h2*2-17,35H,1H3,(H,36,37);. The first-order chi connectivity index (χ1) is 35.8. The van der Waals surface area contributed by atoms with Crippen LogP contribution in [0.15, 0.2) is 192 Å². The molecule has 0 fully saturated rings. The molecule has 4 N–H and O–H groups in total. The van der Waals surface area contributed by atoms with E-state index in [-0.39, 0.29) is 51.0 Å². The molecule has 0 aliphatic heterocycles. The number of aryl methyl sites for hydroxylation is 2. The maximum absolute atomic E-state index is 11.9. The fourth-order valence-electron chi connectivity index (χ4n) is 7.96. The summed E-state index contributed by atoms with van der Waals surface area (Å²) in [5.74, 6) is -2.53. The van der Waals surface area contributed by atoms with Crippen molar-refractivity contribution in [3.8, 4) is 68.2 Å². The predicted molar refractivity (Wildman–Crippen MR) is 289 cm³/mol. The molecule has 6 aromatic carbocycles. The van der Waals surface area contributed by atoms with E-state index in [4.69, 9.17) is 23.2 Å². The number of carbonyl (C=O) groups is 2. The topological polar surface area (TPSA) is 201 Å². The zero-order valence-electron chi connectivity index (χ0n) is 39.7. The van der Waals surface area contributed by atoms with E-state index >= 15 is 0 Å². The average Bonchev–Trinajstić information content (AvgIpc) is 3.92. The Bertz CT molecular complexity index is 3540. The zero-order valence-corrected chi connectivity index (χ0v) is 42.3. The molecule has 0 saturated carbocycles. The van der Waals surface area contributed by atoms with Gasteiger partial charge in [-0.15, -0.1) is 0 Å². The number of aromatic nitrogens is 6. The summed E-state index contributed by atoms with van der Waals surface area (Å²) in [4.78, 5) is 41.5. The second-order valence-corrected chi connectivity index (χ2v) is 17.6. The van der Waals surface area contributed by atoms with E-state index in [0.29, 0.717) is 55.3 Å². The Balaban J connectivity index is 0.000000197. The molecule has 373 valence electrons. The van der Waals surface area contributed by atoms with Gasteiger partial charge in [0.05, 0.1) is 56.4 Å². The molecule has 75 heavy (non-hydrogen) atoms. The number of carboxylic acid groups (broad SMARTS) is 2. The number of aromatic hydroxyl groups is 2. The Morgan fingerprint density at radius 2 is 0.907 bits per heavy atom. The summed E-state index contributed by atoms with van der Waals surface area (Å²) in [6, 6.07) is 50.0. The van der Waals surface area contributed by atoms with E-state index in [1.54, 1.807) is 97.3 Å². The minimum absolute atomic E-state index is 0. The molecule has 4 heterocycles. The molecule has 0 amide bonds. The van der Waals surface area contributed by atoms with Crippen LogP contribution in [0.25, 0.3) is 56.4 Å². The van der Waals surface area contributed by atoms with Crippen LogP contribution in [0.3, 0.4) is 0 Å². The molecule has 0 bridgehead atoms. The molecule has 17 heteroatoms. The van der Waals surface area contributed by atoms with Gasteiger partial charge in [-0.25, -0.2) is 9.59 Å². The van der Waals surface area contributed by atoms with Crippen LogP contribution in [0.4, 0.5) is 11.4 Å². The van der Waals surface area contributed by atoms with Gasteiger partial charge in [0.2, 0.25) is 11.8 Å². The molecule has 0 aliphatic rings. The molecular weight excluding hydrogens is 1030 g/mol. The third-order valence-electron chi connectivity index (χ3n) is 11.5. The van der Waals surface area contributed by atoms with Crippen LogP contribution in [0.5, 0.6) is 11.8 Å². The van der Waals surface area contributed by atoms with E-state index in [2.05, 4.69) is 30.2 Å². The van der Waals surface area contributed by atoms with Crippen molar-refractivity contribution in [1.82, 2.24) is 29.5 Å². The number of aliphatic imine (C=N–C) groups is 2. The first kappa shape index (κ1) is 52.3. The van der Waals surface area contributed by atoms with E-state index in [1.165, 1.54) is 33.9 Å². The summed E-state index contributed by atoms with van der Waals surface area (Å²) < 4.78 is 2.76. The van der Waals surface area contributed by atoms with Gasteiger partial charge in [0.25, 0.3) is 0 Å². The average molecular weight is 1080 g/mol. The third-order valence-corrected chi connectivity index (χ3v) is 12.0. The van der Waals surface area contributed by atoms with Gasteiger partial charge in [0.15, 0.2) is 0 Å². The van der Waals surface area contributed by atoms with E-state index in [1.807, 2.05) is 86.6 Å². The second-order valence-electron chi connectivity index (χ2n) is 16.7. The number of hydrogen-bond donors (Lipinski definition) is 4. The molecule has 0 unspecified atom stereocenters. The summed E-state index contributed by atoms with van der Waals surface area (Å²) in [5.41, 5.74) is 9.70. The molecule has 10 rings (SSSR count). The molecule has 10 aromatic rings. The molecule has 4 aromatic heterocycles. The molecule has 14 nitrogen and oxygen atoms in total. The molecule has 1 radical (unpaired) electrons. The first-order valence-corrected chi connectivity index (χ1v) is 23.5. The quantitative estimate of drug-likeness (QED) is 0.0853. The zero-order chi connectivity index (χ0) is 51.9. The summed E-state index contributed by atoms with van der Waals surface area (Å²) in [5, 5.41) is 52.2. The minimum Gasteiger partial charge on any atom is -0.493 e. The number of nitrogens with zero attached hydrogens (tertiary/aromatic N) is 8. The third kappa shape index (κ3) is 11.9. The Labute approximate surface area is 450 Å². The largest absolute Gasteiger partial charge is 0.493 e. The van der Waals surface area contributed by atoms with E-state index in [9.17, 15) is 30.0 Å². The van der Waals surface area contributed by atoms with Crippen molar-refractivity contribution < 1.29 is 46.8 Å². The fourth-order valence-corrected chi connectivity index (χ4v) is 8.33. The van der Waals surface area contributed by atoms with Crippen LogP contribution >= 0.6 is 23.2 Å². The molecule has 0 atom stereocenters. The number of benzene rings is 6. The van der Waals surface area contributed by atoms with Gasteiger partial charge in [-0.05, 0) is 111 Å². The number of aromatic carboxylic acids is 2. The molecule has 0 aliphatic carbocycles. The van der Waals surface area contributed by atoms with E-state index < -0.39 is 11.9 Å². The van der Waals surface area contributed by atoms with Crippen LogP contribution in [-0.2, 0) is 16.8 Å². The van der Waals surface area contributed by atoms with Crippen molar-refractivity contribution in [2.45, 2.75) is 13.8 Å². The number of carboxylic acids is 2. The van der Waals surface area contributed by atoms with Gasteiger partial charge >= 0.3 is 11.9 Å². The first-order valence-electron chi connectivity index (χ1n) is 22.8. The van der Waals surface area contributed by atoms with Gasteiger partial charge in [-0.2, -0.15) is 19.6 Å². The minimum atomic E-state index is -1.11. The van der Waals surface area contributed by atoms with Crippen LogP contribution in [0.2, 0.25) is 10.0 Å².